The predicted octanol–water partition coefficient (Wildman–Crippen LogP) is 1.56. The van der Waals surface area contributed by atoms with Crippen molar-refractivity contribution in [1.29, 1.82) is 0 Å². The van der Waals surface area contributed by atoms with Crippen LogP contribution < -0.4 is 11.1 Å². The van der Waals surface area contributed by atoms with Crippen molar-refractivity contribution in [2.45, 2.75) is 20.0 Å². The number of carbonyl (C=O) groups excluding carboxylic acids is 1. The topological polar surface area (TPSA) is 85.8 Å². The Hall–Kier alpha value is -2.03. The van der Waals surface area contributed by atoms with E-state index in [-0.39, 0.29) is 17.4 Å². The molecule has 1 amide bonds. The third kappa shape index (κ3) is 2.87. The third-order valence-electron chi connectivity index (χ3n) is 2.43. The SMILES string of the molecule is Cc1ccc(C(=O)NCc2nnc(N)s2)n1C(F)F. The van der Waals surface area contributed by atoms with Crippen LogP contribution >= 0.6 is 11.3 Å². The number of nitrogens with two attached hydrogens (primary N) is 1. The van der Waals surface area contributed by atoms with E-state index in [2.05, 4.69) is 15.5 Å². The van der Waals surface area contributed by atoms with Crippen LogP contribution in [0.2, 0.25) is 0 Å². The first-order chi connectivity index (χ1) is 8.99. The highest BCUT2D eigenvalue weighted by Gasteiger charge is 2.19. The van der Waals surface area contributed by atoms with Crippen molar-refractivity contribution in [3.63, 3.8) is 0 Å². The average molecular weight is 287 g/mol. The number of nitrogen functional groups attached to an aromatic ring is 1. The van der Waals surface area contributed by atoms with Crippen LogP contribution in [0.25, 0.3) is 0 Å². The van der Waals surface area contributed by atoms with E-state index >= 15 is 0 Å². The first-order valence-corrected chi connectivity index (χ1v) is 6.12. The number of amides is 1. The fourth-order valence-electron chi connectivity index (χ4n) is 1.58. The van der Waals surface area contributed by atoms with E-state index in [1.807, 2.05) is 0 Å². The Kier molecular flexibility index (Phi) is 3.74. The Balaban J connectivity index is 2.08. The van der Waals surface area contributed by atoms with Gasteiger partial charge in [-0.1, -0.05) is 11.3 Å². The van der Waals surface area contributed by atoms with Crippen LogP contribution in [0.15, 0.2) is 12.1 Å². The molecule has 102 valence electrons. The maximum atomic E-state index is 12.8. The number of aryl methyl sites for hydroxylation is 1. The summed E-state index contributed by atoms with van der Waals surface area (Å²) in [6, 6.07) is 2.81. The lowest BCUT2D eigenvalue weighted by Gasteiger charge is -2.09. The monoisotopic (exact) mass is 287 g/mol. The average Bonchev–Trinajstić information content (AvgIpc) is 2.92. The van der Waals surface area contributed by atoms with Gasteiger partial charge in [-0.05, 0) is 19.1 Å². The molecule has 0 saturated heterocycles. The highest BCUT2D eigenvalue weighted by Crippen LogP contribution is 2.18. The van der Waals surface area contributed by atoms with Crippen LogP contribution in [0.1, 0.15) is 27.7 Å². The second kappa shape index (κ2) is 5.31. The molecule has 2 heterocycles. The van der Waals surface area contributed by atoms with Gasteiger partial charge < -0.3 is 11.1 Å². The van der Waals surface area contributed by atoms with Gasteiger partial charge >= 0.3 is 6.55 Å². The summed E-state index contributed by atoms with van der Waals surface area (Å²) in [5.74, 6) is -0.595. The van der Waals surface area contributed by atoms with Crippen molar-refractivity contribution < 1.29 is 13.6 Å². The fraction of sp³-hybridized carbons (Fsp3) is 0.300. The third-order valence-corrected chi connectivity index (χ3v) is 3.18. The largest absolute Gasteiger partial charge is 0.374 e. The summed E-state index contributed by atoms with van der Waals surface area (Å²) < 4.78 is 26.3. The normalized spacial score (nSPS) is 10.9. The molecule has 0 fully saturated rings. The summed E-state index contributed by atoms with van der Waals surface area (Å²) >= 11 is 1.13. The van der Waals surface area contributed by atoms with Gasteiger partial charge in [-0.15, -0.1) is 10.2 Å². The lowest BCUT2D eigenvalue weighted by Crippen LogP contribution is -2.26. The maximum Gasteiger partial charge on any atom is 0.319 e. The Morgan fingerprint density at radius 1 is 1.53 bits per heavy atom. The van der Waals surface area contributed by atoms with Gasteiger partial charge in [0.25, 0.3) is 5.91 Å². The van der Waals surface area contributed by atoms with Crippen LogP contribution in [0.5, 0.6) is 0 Å². The Labute approximate surface area is 111 Å². The predicted molar refractivity (Wildman–Crippen MR) is 65.9 cm³/mol. The minimum absolute atomic E-state index is 0.0926. The molecule has 2 rings (SSSR count). The van der Waals surface area contributed by atoms with Gasteiger partial charge in [-0.2, -0.15) is 8.78 Å². The van der Waals surface area contributed by atoms with Crippen LogP contribution in [0, 0.1) is 6.92 Å². The minimum Gasteiger partial charge on any atom is -0.374 e. The summed E-state index contributed by atoms with van der Waals surface area (Å²) in [7, 11) is 0. The van der Waals surface area contributed by atoms with Crippen molar-refractivity contribution in [1.82, 2.24) is 20.1 Å². The summed E-state index contributed by atoms with van der Waals surface area (Å²) in [6.45, 7) is -1.15. The molecule has 0 aliphatic rings. The van der Waals surface area contributed by atoms with Crippen molar-refractivity contribution in [2.75, 3.05) is 5.73 Å². The molecule has 19 heavy (non-hydrogen) atoms. The van der Waals surface area contributed by atoms with E-state index in [0.717, 1.165) is 11.3 Å². The Bertz CT molecular complexity index is 595. The van der Waals surface area contributed by atoms with E-state index in [0.29, 0.717) is 15.3 Å². The van der Waals surface area contributed by atoms with E-state index in [1.54, 1.807) is 0 Å². The number of alkyl halides is 2. The molecule has 6 nitrogen and oxygen atoms in total. The number of halogens is 2. The van der Waals surface area contributed by atoms with Crippen LogP contribution in [-0.2, 0) is 6.54 Å². The number of hydrogen-bond acceptors (Lipinski definition) is 5. The zero-order chi connectivity index (χ0) is 14.0. The molecule has 0 unspecified atom stereocenters. The molecule has 0 aliphatic carbocycles. The molecule has 0 aliphatic heterocycles. The molecule has 2 aromatic heterocycles. The Morgan fingerprint density at radius 3 is 2.84 bits per heavy atom. The quantitative estimate of drug-likeness (QED) is 0.893. The van der Waals surface area contributed by atoms with Gasteiger partial charge in [-0.25, -0.2) is 0 Å². The second-order valence-electron chi connectivity index (χ2n) is 3.72. The molecule has 0 atom stereocenters. The fourth-order valence-corrected chi connectivity index (χ4v) is 2.13. The highest BCUT2D eigenvalue weighted by atomic mass is 32.1. The van der Waals surface area contributed by atoms with Gasteiger partial charge in [0.1, 0.15) is 10.7 Å². The van der Waals surface area contributed by atoms with Crippen molar-refractivity contribution in [3.8, 4) is 0 Å². The van der Waals surface area contributed by atoms with Crippen LogP contribution in [-0.4, -0.2) is 20.7 Å². The smallest absolute Gasteiger partial charge is 0.319 e. The van der Waals surface area contributed by atoms with Crippen molar-refractivity contribution >= 4 is 22.4 Å². The number of carbonyl (C=O) groups is 1. The minimum atomic E-state index is -2.76. The number of rotatable bonds is 4. The van der Waals surface area contributed by atoms with E-state index in [4.69, 9.17) is 5.73 Å². The lowest BCUT2D eigenvalue weighted by molar-refractivity contribution is 0.0617. The summed E-state index contributed by atoms with van der Waals surface area (Å²) in [4.78, 5) is 11.8. The summed E-state index contributed by atoms with van der Waals surface area (Å²) in [5.41, 5.74) is 5.62. The molecule has 2 aromatic rings. The van der Waals surface area contributed by atoms with Gasteiger partial charge in [-0.3, -0.25) is 9.36 Å². The van der Waals surface area contributed by atoms with Gasteiger partial charge in [0.15, 0.2) is 0 Å². The summed E-state index contributed by atoms with van der Waals surface area (Å²) in [6.07, 6.45) is 0. The number of hydrogen-bond donors (Lipinski definition) is 2. The standard InChI is InChI=1S/C10H11F2N5OS/c1-5-2-3-6(17(5)9(11)12)8(18)14-4-7-15-16-10(13)19-7/h2-3,9H,4H2,1H3,(H2,13,16)(H,14,18). The lowest BCUT2D eigenvalue weighted by atomic mass is 10.4. The molecule has 3 N–H and O–H groups in total. The van der Waals surface area contributed by atoms with Gasteiger partial charge in [0, 0.05) is 5.69 Å². The zero-order valence-corrected chi connectivity index (χ0v) is 10.7. The molecule has 0 spiro atoms. The number of anilines is 1. The van der Waals surface area contributed by atoms with Gasteiger partial charge in [0.05, 0.1) is 6.54 Å². The molecule has 0 aromatic carbocycles. The van der Waals surface area contributed by atoms with E-state index in [9.17, 15) is 13.6 Å². The zero-order valence-electron chi connectivity index (χ0n) is 9.93. The molecule has 0 bridgehead atoms. The van der Waals surface area contributed by atoms with Crippen LogP contribution in [0.3, 0.4) is 0 Å². The molecule has 0 radical (unpaired) electrons. The molecular formula is C10H11F2N5OS. The van der Waals surface area contributed by atoms with Crippen molar-refractivity contribution in [3.05, 3.63) is 28.5 Å². The summed E-state index contributed by atoms with van der Waals surface area (Å²) in [5, 5.41) is 10.6. The maximum absolute atomic E-state index is 12.8. The highest BCUT2D eigenvalue weighted by molar-refractivity contribution is 7.15. The number of nitrogens with one attached hydrogen (secondary N) is 1. The van der Waals surface area contributed by atoms with Crippen molar-refractivity contribution in [2.24, 2.45) is 0 Å². The second-order valence-corrected chi connectivity index (χ2v) is 4.82. The molecular weight excluding hydrogens is 276 g/mol. The van der Waals surface area contributed by atoms with E-state index in [1.165, 1.54) is 19.1 Å². The first-order valence-electron chi connectivity index (χ1n) is 5.31. The first kappa shape index (κ1) is 13.4. The van der Waals surface area contributed by atoms with Gasteiger partial charge in [0.2, 0.25) is 5.13 Å². The number of nitrogens with zero attached hydrogens (tertiary/aromatic N) is 3. The molecule has 9 heteroatoms. The Morgan fingerprint density at radius 2 is 2.26 bits per heavy atom. The number of aromatic nitrogens is 3. The van der Waals surface area contributed by atoms with Crippen LogP contribution in [0.4, 0.5) is 13.9 Å². The van der Waals surface area contributed by atoms with E-state index < -0.39 is 12.5 Å². The molecule has 0 saturated carbocycles.